The molecule has 132 valence electrons. The van der Waals surface area contributed by atoms with E-state index in [0.717, 1.165) is 25.7 Å². The molecule has 1 amide bonds. The first-order chi connectivity index (χ1) is 11.6. The van der Waals surface area contributed by atoms with Gasteiger partial charge in [0.2, 0.25) is 0 Å². The number of carbonyl (C=O) groups excluding carboxylic acids is 1. The summed E-state index contributed by atoms with van der Waals surface area (Å²) in [5, 5.41) is 13.4. The molecule has 24 heavy (non-hydrogen) atoms. The smallest absolute Gasteiger partial charge is 0.410 e. The summed E-state index contributed by atoms with van der Waals surface area (Å²) in [6.07, 6.45) is 3.08. The van der Waals surface area contributed by atoms with Crippen LogP contribution in [0.25, 0.3) is 0 Å². The van der Waals surface area contributed by atoms with Crippen molar-refractivity contribution in [2.24, 2.45) is 0 Å². The molecule has 2 rings (SSSR count). The number of nitrogens with zero attached hydrogens (tertiary/aromatic N) is 1. The molecule has 1 saturated carbocycles. The van der Waals surface area contributed by atoms with E-state index in [1.165, 1.54) is 24.3 Å². The van der Waals surface area contributed by atoms with Crippen LogP contribution in [-0.4, -0.2) is 43.5 Å². The zero-order valence-electron chi connectivity index (χ0n) is 13.6. The molecule has 1 aromatic rings. The number of amides is 1. The third kappa shape index (κ3) is 5.78. The van der Waals surface area contributed by atoms with Gasteiger partial charge in [-0.05, 0) is 37.8 Å². The Labute approximate surface area is 140 Å². The molecule has 0 atom stereocenters. The number of non-ortho nitro benzene ring substituents is 1. The molecule has 1 aliphatic carbocycles. The van der Waals surface area contributed by atoms with E-state index < -0.39 is 11.0 Å². The normalized spacial score (nSPS) is 20.4. The highest BCUT2D eigenvalue weighted by molar-refractivity contribution is 5.70. The zero-order valence-corrected chi connectivity index (χ0v) is 13.6. The average molecular weight is 338 g/mol. The Morgan fingerprint density at radius 3 is 2.46 bits per heavy atom. The highest BCUT2D eigenvalue weighted by atomic mass is 16.6. The molecule has 0 aliphatic heterocycles. The lowest BCUT2D eigenvalue weighted by Gasteiger charge is -2.28. The maximum absolute atomic E-state index is 11.9. The lowest BCUT2D eigenvalue weighted by Crippen LogP contribution is -2.40. The molecule has 0 unspecified atom stereocenters. The summed E-state index contributed by atoms with van der Waals surface area (Å²) in [5.74, 6) is 0.273. The molecular weight excluding hydrogens is 316 g/mol. The zero-order chi connectivity index (χ0) is 17.4. The van der Waals surface area contributed by atoms with Gasteiger partial charge < -0.3 is 19.5 Å². The molecule has 1 fully saturated rings. The minimum absolute atomic E-state index is 0.0467. The number of rotatable bonds is 7. The van der Waals surface area contributed by atoms with Crippen LogP contribution >= 0.6 is 0 Å². The number of ether oxygens (including phenoxy) is 3. The Morgan fingerprint density at radius 1 is 1.21 bits per heavy atom. The molecule has 1 N–H and O–H groups in total. The second kappa shape index (κ2) is 9.19. The summed E-state index contributed by atoms with van der Waals surface area (Å²) in [4.78, 5) is 21.9. The summed E-state index contributed by atoms with van der Waals surface area (Å²) < 4.78 is 15.8. The highest BCUT2D eigenvalue weighted by Crippen LogP contribution is 2.22. The Kier molecular flexibility index (Phi) is 6.95. The maximum Gasteiger partial charge on any atom is 0.412 e. The van der Waals surface area contributed by atoms with Crippen molar-refractivity contribution >= 4 is 11.8 Å². The number of nitro groups is 1. The Morgan fingerprint density at radius 2 is 1.88 bits per heavy atom. The molecule has 8 nitrogen and oxygen atoms in total. The molecule has 0 bridgehead atoms. The van der Waals surface area contributed by atoms with E-state index in [1.807, 2.05) is 0 Å². The minimum Gasteiger partial charge on any atom is -0.410 e. The largest absolute Gasteiger partial charge is 0.412 e. The predicted octanol–water partition coefficient (Wildman–Crippen LogP) is 2.66. The summed E-state index contributed by atoms with van der Waals surface area (Å²) in [7, 11) is 1.64. The third-order valence-electron chi connectivity index (χ3n) is 3.90. The molecule has 0 aromatic heterocycles. The predicted molar refractivity (Wildman–Crippen MR) is 86.1 cm³/mol. The van der Waals surface area contributed by atoms with Gasteiger partial charge in [-0.2, -0.15) is 0 Å². The first kappa shape index (κ1) is 18.2. The van der Waals surface area contributed by atoms with Crippen molar-refractivity contribution in [3.8, 4) is 5.75 Å². The molecule has 1 aliphatic rings. The first-order valence-electron chi connectivity index (χ1n) is 7.92. The van der Waals surface area contributed by atoms with Gasteiger partial charge in [0.1, 0.15) is 5.75 Å². The van der Waals surface area contributed by atoms with Crippen LogP contribution in [0.15, 0.2) is 24.3 Å². The van der Waals surface area contributed by atoms with Crippen LogP contribution < -0.4 is 10.1 Å². The van der Waals surface area contributed by atoms with E-state index in [9.17, 15) is 14.9 Å². The SMILES string of the molecule is COCCO[C@H]1CC[C@H](NC(=O)Oc2ccc([N+](=O)[O-])cc2)CC1. The second-order valence-corrected chi connectivity index (χ2v) is 5.62. The van der Waals surface area contributed by atoms with Crippen molar-refractivity contribution < 1.29 is 23.9 Å². The van der Waals surface area contributed by atoms with E-state index in [0.29, 0.717) is 13.2 Å². The number of benzene rings is 1. The molecule has 8 heteroatoms. The van der Waals surface area contributed by atoms with E-state index in [-0.39, 0.29) is 23.6 Å². The minimum atomic E-state index is -0.549. The summed E-state index contributed by atoms with van der Waals surface area (Å²) in [6, 6.07) is 5.45. The lowest BCUT2D eigenvalue weighted by molar-refractivity contribution is -0.384. The van der Waals surface area contributed by atoms with Gasteiger partial charge in [0, 0.05) is 25.3 Å². The van der Waals surface area contributed by atoms with Crippen LogP contribution in [-0.2, 0) is 9.47 Å². The van der Waals surface area contributed by atoms with Gasteiger partial charge in [-0.1, -0.05) is 0 Å². The lowest BCUT2D eigenvalue weighted by atomic mass is 9.93. The number of methoxy groups -OCH3 is 1. The standard InChI is InChI=1S/C16H22N2O6/c1-22-10-11-23-14-6-2-12(3-7-14)17-16(19)24-15-8-4-13(5-9-15)18(20)21/h4-5,8-9,12,14H,2-3,6-7,10-11H2,1H3,(H,17,19)/t12-,14-. The van der Waals surface area contributed by atoms with Crippen molar-refractivity contribution in [1.82, 2.24) is 5.32 Å². The van der Waals surface area contributed by atoms with Crippen LogP contribution in [0.5, 0.6) is 5.75 Å². The Hall–Kier alpha value is -2.19. The maximum atomic E-state index is 11.9. The molecule has 1 aromatic carbocycles. The fourth-order valence-electron chi connectivity index (χ4n) is 2.61. The quantitative estimate of drug-likeness (QED) is 0.466. The molecule has 0 spiro atoms. The second-order valence-electron chi connectivity index (χ2n) is 5.62. The third-order valence-corrected chi connectivity index (χ3v) is 3.90. The van der Waals surface area contributed by atoms with Crippen molar-refractivity contribution in [2.75, 3.05) is 20.3 Å². The van der Waals surface area contributed by atoms with Gasteiger partial charge >= 0.3 is 6.09 Å². The van der Waals surface area contributed by atoms with Gasteiger partial charge in [-0.15, -0.1) is 0 Å². The topological polar surface area (TPSA) is 99.9 Å². The van der Waals surface area contributed by atoms with Gasteiger partial charge in [0.25, 0.3) is 5.69 Å². The van der Waals surface area contributed by atoms with Crippen molar-refractivity contribution in [2.45, 2.75) is 37.8 Å². The summed E-state index contributed by atoms with van der Waals surface area (Å²) >= 11 is 0. The number of nitrogens with one attached hydrogen (secondary N) is 1. The fourth-order valence-corrected chi connectivity index (χ4v) is 2.61. The molecule has 0 saturated heterocycles. The molecule has 0 radical (unpaired) electrons. The van der Waals surface area contributed by atoms with Crippen molar-refractivity contribution in [3.63, 3.8) is 0 Å². The highest BCUT2D eigenvalue weighted by Gasteiger charge is 2.23. The summed E-state index contributed by atoms with van der Waals surface area (Å²) in [6.45, 7) is 1.17. The van der Waals surface area contributed by atoms with Crippen molar-refractivity contribution in [1.29, 1.82) is 0 Å². The number of carbonyl (C=O) groups is 1. The average Bonchev–Trinajstić information content (AvgIpc) is 2.57. The van der Waals surface area contributed by atoms with E-state index in [2.05, 4.69) is 5.32 Å². The summed E-state index contributed by atoms with van der Waals surface area (Å²) in [5.41, 5.74) is -0.0467. The van der Waals surface area contributed by atoms with Gasteiger partial charge in [0.05, 0.1) is 24.2 Å². The van der Waals surface area contributed by atoms with E-state index in [4.69, 9.17) is 14.2 Å². The van der Waals surface area contributed by atoms with Gasteiger partial charge in [-0.3, -0.25) is 10.1 Å². The van der Waals surface area contributed by atoms with Gasteiger partial charge in [-0.25, -0.2) is 4.79 Å². The number of hydrogen-bond acceptors (Lipinski definition) is 6. The number of nitro benzene ring substituents is 1. The Balaban J connectivity index is 1.70. The van der Waals surface area contributed by atoms with E-state index >= 15 is 0 Å². The fraction of sp³-hybridized carbons (Fsp3) is 0.562. The monoisotopic (exact) mass is 338 g/mol. The van der Waals surface area contributed by atoms with Crippen LogP contribution in [0.3, 0.4) is 0 Å². The first-order valence-corrected chi connectivity index (χ1v) is 7.92. The van der Waals surface area contributed by atoms with Crippen LogP contribution in [0, 0.1) is 10.1 Å². The van der Waals surface area contributed by atoms with Crippen LogP contribution in [0.2, 0.25) is 0 Å². The van der Waals surface area contributed by atoms with Crippen molar-refractivity contribution in [3.05, 3.63) is 34.4 Å². The van der Waals surface area contributed by atoms with Crippen LogP contribution in [0.1, 0.15) is 25.7 Å². The molecular formula is C16H22N2O6. The van der Waals surface area contributed by atoms with E-state index in [1.54, 1.807) is 7.11 Å². The van der Waals surface area contributed by atoms with Gasteiger partial charge in [0.15, 0.2) is 0 Å². The Bertz CT molecular complexity index is 540. The number of hydrogen-bond donors (Lipinski definition) is 1. The van der Waals surface area contributed by atoms with Crippen LogP contribution in [0.4, 0.5) is 10.5 Å². The molecule has 0 heterocycles.